The van der Waals surface area contributed by atoms with Crippen molar-refractivity contribution in [3.05, 3.63) is 16.4 Å². The Morgan fingerprint density at radius 1 is 1.16 bits per heavy atom. The largest absolute Gasteiger partial charge is 0.268 e. The van der Waals surface area contributed by atoms with Gasteiger partial charge in [0.2, 0.25) is 0 Å². The van der Waals surface area contributed by atoms with E-state index in [0.717, 1.165) is 48.6 Å². The van der Waals surface area contributed by atoms with Gasteiger partial charge in [-0.05, 0) is 26.2 Å². The zero-order valence-corrected chi connectivity index (χ0v) is 14.2. The van der Waals surface area contributed by atoms with Crippen molar-refractivity contribution < 1.29 is 0 Å². The van der Waals surface area contributed by atoms with Crippen LogP contribution in [0.5, 0.6) is 0 Å². The van der Waals surface area contributed by atoms with Crippen LogP contribution in [0.15, 0.2) is 0 Å². The molecule has 0 N–H and O–H groups in total. The number of aromatic nitrogens is 2. The Morgan fingerprint density at radius 2 is 1.79 bits per heavy atom. The highest BCUT2D eigenvalue weighted by Crippen LogP contribution is 2.35. The Balaban J connectivity index is 3.11. The first kappa shape index (κ1) is 17.1. The molecule has 5 heteroatoms. The van der Waals surface area contributed by atoms with E-state index in [1.165, 1.54) is 0 Å². The van der Waals surface area contributed by atoms with E-state index < -0.39 is 0 Å². The number of nitrogens with zero attached hydrogens (tertiary/aromatic N) is 2. The van der Waals surface area contributed by atoms with Gasteiger partial charge in [0.05, 0.1) is 16.4 Å². The lowest BCUT2D eigenvalue weighted by atomic mass is 9.82. The average molecular weight is 326 g/mol. The Bertz CT molecular complexity index is 398. The third kappa shape index (κ3) is 3.80. The fraction of sp³-hybridized carbons (Fsp3) is 0.786. The van der Waals surface area contributed by atoms with E-state index in [1.54, 1.807) is 0 Å². The second-order valence-corrected chi connectivity index (χ2v) is 5.98. The van der Waals surface area contributed by atoms with Crippen molar-refractivity contribution in [1.29, 1.82) is 0 Å². The molecule has 0 bridgehead atoms. The fourth-order valence-corrected chi connectivity index (χ4v) is 3.50. The van der Waals surface area contributed by atoms with E-state index in [4.69, 9.17) is 34.8 Å². The molecule has 1 aromatic rings. The van der Waals surface area contributed by atoms with Crippen LogP contribution in [0.25, 0.3) is 0 Å². The van der Waals surface area contributed by atoms with Crippen LogP contribution in [0.1, 0.15) is 45.0 Å². The van der Waals surface area contributed by atoms with Gasteiger partial charge >= 0.3 is 0 Å². The Labute approximate surface area is 131 Å². The molecule has 0 fully saturated rings. The summed E-state index contributed by atoms with van der Waals surface area (Å²) in [5.74, 6) is 1.11. The first-order valence-corrected chi connectivity index (χ1v) is 8.38. The highest BCUT2D eigenvalue weighted by atomic mass is 35.5. The normalized spacial score (nSPS) is 12.1. The monoisotopic (exact) mass is 324 g/mol. The molecule has 1 aromatic heterocycles. The van der Waals surface area contributed by atoms with Gasteiger partial charge in [-0.3, -0.25) is 4.68 Å². The predicted octanol–water partition coefficient (Wildman–Crippen LogP) is 4.93. The standard InChI is InChI=1S/C14H23Cl3N2/c1-4-7-14(9-15,10-16)8-12-13(17)11(5-2)18-19(12)6-3/h4-10H2,1-3H3. The molecule has 0 spiro atoms. The summed E-state index contributed by atoms with van der Waals surface area (Å²) in [4.78, 5) is 0. The van der Waals surface area contributed by atoms with Crippen molar-refractivity contribution in [3.8, 4) is 0 Å². The van der Waals surface area contributed by atoms with Crippen molar-refractivity contribution in [2.75, 3.05) is 11.8 Å². The van der Waals surface area contributed by atoms with Crippen LogP contribution >= 0.6 is 34.8 Å². The molecule has 0 aromatic carbocycles. The van der Waals surface area contributed by atoms with Crippen molar-refractivity contribution >= 4 is 34.8 Å². The molecule has 0 saturated carbocycles. The first-order valence-electron chi connectivity index (χ1n) is 6.93. The molecular weight excluding hydrogens is 303 g/mol. The van der Waals surface area contributed by atoms with Gasteiger partial charge in [-0.1, -0.05) is 31.9 Å². The maximum absolute atomic E-state index is 6.46. The topological polar surface area (TPSA) is 17.8 Å². The van der Waals surface area contributed by atoms with Crippen LogP contribution in [-0.4, -0.2) is 21.5 Å². The molecule has 110 valence electrons. The third-order valence-electron chi connectivity index (χ3n) is 3.58. The Kier molecular flexibility index (Phi) is 6.99. The summed E-state index contributed by atoms with van der Waals surface area (Å²) in [5, 5.41) is 5.35. The second kappa shape index (κ2) is 7.75. The summed E-state index contributed by atoms with van der Waals surface area (Å²) >= 11 is 18.8. The summed E-state index contributed by atoms with van der Waals surface area (Å²) < 4.78 is 1.99. The van der Waals surface area contributed by atoms with Gasteiger partial charge in [-0.25, -0.2) is 0 Å². The van der Waals surface area contributed by atoms with Gasteiger partial charge in [0, 0.05) is 23.7 Å². The molecule has 0 unspecified atom stereocenters. The lowest BCUT2D eigenvalue weighted by molar-refractivity contribution is 0.330. The average Bonchev–Trinajstić information content (AvgIpc) is 2.74. The first-order chi connectivity index (χ1) is 9.07. The lowest BCUT2D eigenvalue weighted by Gasteiger charge is -2.29. The number of hydrogen-bond donors (Lipinski definition) is 0. The molecule has 0 radical (unpaired) electrons. The molecule has 0 aliphatic carbocycles. The van der Waals surface area contributed by atoms with E-state index in [-0.39, 0.29) is 5.41 Å². The number of alkyl halides is 2. The zero-order valence-electron chi connectivity index (χ0n) is 12.0. The summed E-state index contributed by atoms with van der Waals surface area (Å²) in [7, 11) is 0. The van der Waals surface area contributed by atoms with Gasteiger partial charge < -0.3 is 0 Å². The van der Waals surface area contributed by atoms with E-state index in [1.807, 2.05) is 4.68 Å². The SMILES string of the molecule is CCCC(CCl)(CCl)Cc1c(Cl)c(CC)nn1CC. The maximum atomic E-state index is 6.46. The van der Waals surface area contributed by atoms with Gasteiger partial charge in [0.25, 0.3) is 0 Å². The number of hydrogen-bond acceptors (Lipinski definition) is 1. The Morgan fingerprint density at radius 3 is 2.21 bits per heavy atom. The van der Waals surface area contributed by atoms with E-state index >= 15 is 0 Å². The quantitative estimate of drug-likeness (QED) is 0.620. The van der Waals surface area contributed by atoms with Crippen LogP contribution in [-0.2, 0) is 19.4 Å². The third-order valence-corrected chi connectivity index (χ3v) is 5.15. The van der Waals surface area contributed by atoms with Crippen molar-refractivity contribution in [1.82, 2.24) is 9.78 Å². The maximum Gasteiger partial charge on any atom is 0.0850 e. The molecule has 0 amide bonds. The minimum atomic E-state index is -0.0839. The van der Waals surface area contributed by atoms with Crippen molar-refractivity contribution in [2.45, 2.75) is 53.0 Å². The molecule has 1 heterocycles. The van der Waals surface area contributed by atoms with Crippen LogP contribution in [0.2, 0.25) is 5.02 Å². The highest BCUT2D eigenvalue weighted by Gasteiger charge is 2.31. The van der Waals surface area contributed by atoms with Crippen LogP contribution in [0, 0.1) is 5.41 Å². The number of rotatable bonds is 8. The molecule has 0 saturated heterocycles. The highest BCUT2D eigenvalue weighted by molar-refractivity contribution is 6.32. The second-order valence-electron chi connectivity index (χ2n) is 5.07. The molecule has 0 aliphatic heterocycles. The minimum Gasteiger partial charge on any atom is -0.268 e. The summed E-state index contributed by atoms with van der Waals surface area (Å²) in [6.07, 6.45) is 3.72. The van der Waals surface area contributed by atoms with Gasteiger partial charge in [-0.2, -0.15) is 5.10 Å². The van der Waals surface area contributed by atoms with Crippen molar-refractivity contribution in [2.24, 2.45) is 5.41 Å². The predicted molar refractivity (Wildman–Crippen MR) is 84.8 cm³/mol. The summed E-state index contributed by atoms with van der Waals surface area (Å²) in [6, 6.07) is 0. The Hall–Kier alpha value is 0.0800. The van der Waals surface area contributed by atoms with Crippen molar-refractivity contribution in [3.63, 3.8) is 0 Å². The van der Waals surface area contributed by atoms with E-state index in [0.29, 0.717) is 11.8 Å². The molecule has 0 aliphatic rings. The minimum absolute atomic E-state index is 0.0839. The number of aryl methyl sites for hydroxylation is 2. The zero-order chi connectivity index (χ0) is 14.5. The van der Waals surface area contributed by atoms with Crippen LogP contribution in [0.4, 0.5) is 0 Å². The van der Waals surface area contributed by atoms with E-state index in [9.17, 15) is 0 Å². The van der Waals surface area contributed by atoms with Crippen LogP contribution < -0.4 is 0 Å². The van der Waals surface area contributed by atoms with Gasteiger partial charge in [0.1, 0.15) is 0 Å². The van der Waals surface area contributed by atoms with Gasteiger partial charge in [0.15, 0.2) is 0 Å². The summed E-state index contributed by atoms with van der Waals surface area (Å²) in [6.45, 7) is 7.13. The van der Waals surface area contributed by atoms with Gasteiger partial charge in [-0.15, -0.1) is 23.2 Å². The smallest absolute Gasteiger partial charge is 0.0850 e. The molecule has 1 rings (SSSR count). The fourth-order valence-electron chi connectivity index (χ4n) is 2.42. The molecular formula is C14H23Cl3N2. The lowest BCUT2D eigenvalue weighted by Crippen LogP contribution is -2.29. The van der Waals surface area contributed by atoms with E-state index in [2.05, 4.69) is 25.9 Å². The van der Waals surface area contributed by atoms with Crippen LogP contribution in [0.3, 0.4) is 0 Å². The number of halogens is 3. The summed E-state index contributed by atoms with van der Waals surface area (Å²) in [5.41, 5.74) is 1.96. The molecule has 19 heavy (non-hydrogen) atoms. The molecule has 2 nitrogen and oxygen atoms in total. The molecule has 0 atom stereocenters.